The van der Waals surface area contributed by atoms with E-state index in [1.807, 2.05) is 7.05 Å². The number of pyridine rings is 1. The van der Waals surface area contributed by atoms with E-state index < -0.39 is 0 Å². The van der Waals surface area contributed by atoms with Gasteiger partial charge in [-0.1, -0.05) is 13.8 Å². The molecule has 7 heteroatoms. The van der Waals surface area contributed by atoms with Crippen molar-refractivity contribution in [2.45, 2.75) is 26.3 Å². The van der Waals surface area contributed by atoms with Crippen LogP contribution in [-0.2, 0) is 7.05 Å². The van der Waals surface area contributed by atoms with Crippen LogP contribution in [-0.4, -0.2) is 32.8 Å². The summed E-state index contributed by atoms with van der Waals surface area (Å²) in [4.78, 5) is 20.7. The molecule has 22 heavy (non-hydrogen) atoms. The minimum absolute atomic E-state index is 0.186. The Kier molecular flexibility index (Phi) is 5.08. The molecule has 2 aromatic rings. The van der Waals surface area contributed by atoms with Crippen molar-refractivity contribution in [3.05, 3.63) is 36.0 Å². The van der Waals surface area contributed by atoms with E-state index in [0.29, 0.717) is 17.4 Å². The molecule has 0 spiro atoms. The van der Waals surface area contributed by atoms with E-state index in [1.54, 1.807) is 23.0 Å². The fraction of sp³-hybridized carbons (Fsp3) is 0.467. The van der Waals surface area contributed by atoms with Crippen LogP contribution < -0.4 is 10.1 Å². The Morgan fingerprint density at radius 3 is 2.77 bits per heavy atom. The molecule has 0 saturated carbocycles. The van der Waals surface area contributed by atoms with Gasteiger partial charge in [-0.2, -0.15) is 5.10 Å². The maximum atomic E-state index is 12.5. The lowest BCUT2D eigenvalue weighted by Gasteiger charge is -2.20. The SMILES string of the molecule is COc1cc(C(=O)N[C@@H](CC(C)C)c2ncnn2C)ccn1. The summed E-state index contributed by atoms with van der Waals surface area (Å²) in [5.41, 5.74) is 0.503. The molecule has 2 rings (SSSR count). The minimum Gasteiger partial charge on any atom is -0.481 e. The lowest BCUT2D eigenvalue weighted by atomic mass is 10.0. The van der Waals surface area contributed by atoms with Gasteiger partial charge in [0.15, 0.2) is 0 Å². The van der Waals surface area contributed by atoms with E-state index in [4.69, 9.17) is 4.74 Å². The van der Waals surface area contributed by atoms with Crippen molar-refractivity contribution in [2.75, 3.05) is 7.11 Å². The van der Waals surface area contributed by atoms with Crippen LogP contribution in [0.5, 0.6) is 5.88 Å². The first-order chi connectivity index (χ1) is 10.5. The van der Waals surface area contributed by atoms with Gasteiger partial charge >= 0.3 is 0 Å². The third-order valence-electron chi connectivity index (χ3n) is 3.28. The molecule has 0 aliphatic rings. The molecular weight excluding hydrogens is 282 g/mol. The summed E-state index contributed by atoms with van der Waals surface area (Å²) in [5, 5.41) is 7.09. The molecule has 0 bridgehead atoms. The molecule has 0 unspecified atom stereocenters. The lowest BCUT2D eigenvalue weighted by molar-refractivity contribution is 0.0928. The number of aromatic nitrogens is 4. The van der Waals surface area contributed by atoms with Crippen molar-refractivity contribution in [3.8, 4) is 5.88 Å². The third kappa shape index (κ3) is 3.81. The van der Waals surface area contributed by atoms with Crippen LogP contribution >= 0.6 is 0 Å². The van der Waals surface area contributed by atoms with Gasteiger partial charge in [-0.15, -0.1) is 0 Å². The number of hydrogen-bond acceptors (Lipinski definition) is 5. The number of nitrogens with one attached hydrogen (secondary N) is 1. The minimum atomic E-state index is -0.195. The highest BCUT2D eigenvalue weighted by Crippen LogP contribution is 2.20. The van der Waals surface area contributed by atoms with Gasteiger partial charge in [0.1, 0.15) is 12.2 Å². The molecule has 0 fully saturated rings. The number of nitrogens with zero attached hydrogens (tertiary/aromatic N) is 4. The van der Waals surface area contributed by atoms with Gasteiger partial charge in [0.2, 0.25) is 5.88 Å². The predicted octanol–water partition coefficient (Wildman–Crippen LogP) is 1.74. The Morgan fingerprint density at radius 1 is 1.41 bits per heavy atom. The van der Waals surface area contributed by atoms with Crippen molar-refractivity contribution >= 4 is 5.91 Å². The number of amides is 1. The fourth-order valence-corrected chi connectivity index (χ4v) is 2.22. The normalized spacial score (nSPS) is 12.2. The molecule has 7 nitrogen and oxygen atoms in total. The predicted molar refractivity (Wildman–Crippen MR) is 81.5 cm³/mol. The topological polar surface area (TPSA) is 81.9 Å². The van der Waals surface area contributed by atoms with Gasteiger partial charge in [-0.25, -0.2) is 9.97 Å². The Labute approximate surface area is 129 Å². The molecule has 1 amide bonds. The van der Waals surface area contributed by atoms with Crippen LogP contribution in [0.1, 0.15) is 42.5 Å². The number of ether oxygens (including phenoxy) is 1. The highest BCUT2D eigenvalue weighted by Gasteiger charge is 2.21. The summed E-state index contributed by atoms with van der Waals surface area (Å²) in [6.45, 7) is 4.20. The average molecular weight is 303 g/mol. The zero-order valence-electron chi connectivity index (χ0n) is 13.3. The summed E-state index contributed by atoms with van der Waals surface area (Å²) >= 11 is 0. The smallest absolute Gasteiger partial charge is 0.252 e. The van der Waals surface area contributed by atoms with E-state index in [-0.39, 0.29) is 11.9 Å². The third-order valence-corrected chi connectivity index (χ3v) is 3.28. The van der Waals surface area contributed by atoms with Crippen LogP contribution in [0, 0.1) is 5.92 Å². The first-order valence-corrected chi connectivity index (χ1v) is 7.16. The molecule has 2 heterocycles. The number of aryl methyl sites for hydroxylation is 1. The summed E-state index contributed by atoms with van der Waals surface area (Å²) in [5.74, 6) is 1.37. The summed E-state index contributed by atoms with van der Waals surface area (Å²) in [7, 11) is 3.34. The van der Waals surface area contributed by atoms with E-state index in [9.17, 15) is 4.79 Å². The summed E-state index contributed by atoms with van der Waals surface area (Å²) < 4.78 is 6.73. The number of hydrogen-bond donors (Lipinski definition) is 1. The van der Waals surface area contributed by atoms with Crippen LogP contribution in [0.15, 0.2) is 24.7 Å². The Bertz CT molecular complexity index is 638. The van der Waals surface area contributed by atoms with Crippen molar-refractivity contribution in [2.24, 2.45) is 13.0 Å². The Balaban J connectivity index is 2.19. The molecule has 0 radical (unpaired) electrons. The second-order valence-corrected chi connectivity index (χ2v) is 5.48. The standard InChI is InChI=1S/C15H21N5O2/c1-10(2)7-12(14-17-9-18-20(14)3)19-15(21)11-5-6-16-13(8-11)22-4/h5-6,8-10,12H,7H2,1-4H3,(H,19,21)/t12-/m0/s1. The van der Waals surface area contributed by atoms with E-state index in [1.165, 1.54) is 13.4 Å². The highest BCUT2D eigenvalue weighted by atomic mass is 16.5. The van der Waals surface area contributed by atoms with E-state index >= 15 is 0 Å². The molecule has 0 aliphatic heterocycles. The summed E-state index contributed by atoms with van der Waals surface area (Å²) in [6.07, 6.45) is 3.82. The lowest BCUT2D eigenvalue weighted by Crippen LogP contribution is -2.31. The Morgan fingerprint density at radius 2 is 2.18 bits per heavy atom. The zero-order chi connectivity index (χ0) is 16.1. The van der Waals surface area contributed by atoms with Crippen molar-refractivity contribution < 1.29 is 9.53 Å². The molecule has 0 aromatic carbocycles. The maximum absolute atomic E-state index is 12.5. The van der Waals surface area contributed by atoms with Gasteiger partial charge in [-0.05, 0) is 18.4 Å². The number of carbonyl (C=O) groups is 1. The largest absolute Gasteiger partial charge is 0.481 e. The van der Waals surface area contributed by atoms with E-state index in [2.05, 4.69) is 34.2 Å². The zero-order valence-corrected chi connectivity index (χ0v) is 13.3. The molecular formula is C15H21N5O2. The van der Waals surface area contributed by atoms with Gasteiger partial charge in [-0.3, -0.25) is 9.48 Å². The van der Waals surface area contributed by atoms with Gasteiger partial charge in [0.25, 0.3) is 5.91 Å². The van der Waals surface area contributed by atoms with Gasteiger partial charge < -0.3 is 10.1 Å². The van der Waals surface area contributed by atoms with Gasteiger partial charge in [0, 0.05) is 24.9 Å². The van der Waals surface area contributed by atoms with Crippen LogP contribution in [0.25, 0.3) is 0 Å². The quantitative estimate of drug-likeness (QED) is 0.879. The molecule has 1 N–H and O–H groups in total. The van der Waals surface area contributed by atoms with Crippen molar-refractivity contribution in [3.63, 3.8) is 0 Å². The fourth-order valence-electron chi connectivity index (χ4n) is 2.22. The van der Waals surface area contributed by atoms with Crippen LogP contribution in [0.2, 0.25) is 0 Å². The molecule has 0 aliphatic carbocycles. The number of carbonyl (C=O) groups excluding carboxylic acids is 1. The molecule has 118 valence electrons. The first kappa shape index (κ1) is 15.9. The van der Waals surface area contributed by atoms with Crippen LogP contribution in [0.3, 0.4) is 0 Å². The highest BCUT2D eigenvalue weighted by molar-refractivity contribution is 5.94. The van der Waals surface area contributed by atoms with Gasteiger partial charge in [0.05, 0.1) is 13.2 Å². The summed E-state index contributed by atoms with van der Waals surface area (Å²) in [6, 6.07) is 3.07. The average Bonchev–Trinajstić information content (AvgIpc) is 2.92. The second-order valence-electron chi connectivity index (χ2n) is 5.48. The Hall–Kier alpha value is -2.44. The molecule has 0 saturated heterocycles. The molecule has 2 aromatic heterocycles. The van der Waals surface area contributed by atoms with Crippen LogP contribution in [0.4, 0.5) is 0 Å². The van der Waals surface area contributed by atoms with Crippen molar-refractivity contribution in [1.29, 1.82) is 0 Å². The first-order valence-electron chi connectivity index (χ1n) is 7.16. The molecule has 1 atom stereocenters. The second kappa shape index (κ2) is 7.02. The number of methoxy groups -OCH3 is 1. The van der Waals surface area contributed by atoms with E-state index in [0.717, 1.165) is 12.2 Å². The monoisotopic (exact) mass is 303 g/mol. The maximum Gasteiger partial charge on any atom is 0.252 e. The van der Waals surface area contributed by atoms with Crippen molar-refractivity contribution in [1.82, 2.24) is 25.1 Å². The number of rotatable bonds is 6.